The Hall–Kier alpha value is -2.63. The van der Waals surface area contributed by atoms with E-state index in [9.17, 15) is 0 Å². The highest BCUT2D eigenvalue weighted by molar-refractivity contribution is 5.93. The van der Waals surface area contributed by atoms with Crippen LogP contribution in [0.1, 0.15) is 16.8 Å². The molecular weight excluding hydrogens is 254 g/mol. The predicted octanol–water partition coefficient (Wildman–Crippen LogP) is 1.29. The third kappa shape index (κ3) is 2.16. The number of nitrogens with two attached hydrogens (primary N) is 1. The van der Waals surface area contributed by atoms with Gasteiger partial charge in [-0.05, 0) is 29.3 Å². The van der Waals surface area contributed by atoms with Crippen LogP contribution in [-0.2, 0) is 13.1 Å². The van der Waals surface area contributed by atoms with Gasteiger partial charge in [-0.1, -0.05) is 6.07 Å². The summed E-state index contributed by atoms with van der Waals surface area (Å²) in [6.07, 6.45) is 1.63. The Balaban J connectivity index is 1.88. The highest BCUT2D eigenvalue weighted by Crippen LogP contribution is 2.28. The van der Waals surface area contributed by atoms with Gasteiger partial charge in [0.1, 0.15) is 17.3 Å². The summed E-state index contributed by atoms with van der Waals surface area (Å²) >= 11 is 0. The van der Waals surface area contributed by atoms with Crippen LogP contribution in [0.15, 0.2) is 30.5 Å². The van der Waals surface area contributed by atoms with Crippen molar-refractivity contribution in [2.24, 2.45) is 5.73 Å². The zero-order chi connectivity index (χ0) is 14.1. The molecule has 1 aromatic carbocycles. The van der Waals surface area contributed by atoms with Crippen molar-refractivity contribution in [1.82, 2.24) is 9.97 Å². The normalized spacial score (nSPS) is 13.2. The molecule has 0 spiro atoms. The van der Waals surface area contributed by atoms with Gasteiger partial charge >= 0.3 is 0 Å². The standard InChI is InChI=1S/C14H15N5O/c1-20-11-3-2-9-7-19(8-10(9)6-11)14-17-5-4-12(18-14)13(15)16/h2-6H,7-8H2,1H3,(H3,15,16). The Morgan fingerprint density at radius 3 is 2.85 bits per heavy atom. The van der Waals surface area contributed by atoms with Gasteiger partial charge < -0.3 is 15.4 Å². The molecule has 2 heterocycles. The Morgan fingerprint density at radius 1 is 1.30 bits per heavy atom. The van der Waals surface area contributed by atoms with Crippen LogP contribution in [0.5, 0.6) is 5.75 Å². The molecule has 3 N–H and O–H groups in total. The topological polar surface area (TPSA) is 88.1 Å². The largest absolute Gasteiger partial charge is 0.497 e. The number of fused-ring (bicyclic) bond motifs is 1. The van der Waals surface area contributed by atoms with E-state index in [1.807, 2.05) is 12.1 Å². The number of hydrogen-bond acceptors (Lipinski definition) is 5. The van der Waals surface area contributed by atoms with Crippen molar-refractivity contribution < 1.29 is 4.74 Å². The molecule has 0 saturated carbocycles. The Bertz CT molecular complexity index is 670. The van der Waals surface area contributed by atoms with Gasteiger partial charge in [0.15, 0.2) is 0 Å². The molecule has 0 saturated heterocycles. The summed E-state index contributed by atoms with van der Waals surface area (Å²) in [5.74, 6) is 1.39. The number of anilines is 1. The summed E-state index contributed by atoms with van der Waals surface area (Å²) in [7, 11) is 1.66. The van der Waals surface area contributed by atoms with Crippen LogP contribution in [0, 0.1) is 5.41 Å². The van der Waals surface area contributed by atoms with Gasteiger partial charge in [-0.2, -0.15) is 0 Å². The maximum atomic E-state index is 7.44. The molecule has 1 aliphatic heterocycles. The van der Waals surface area contributed by atoms with Crippen molar-refractivity contribution in [3.63, 3.8) is 0 Å². The van der Waals surface area contributed by atoms with Crippen LogP contribution in [-0.4, -0.2) is 22.9 Å². The Labute approximate surface area is 116 Å². The quantitative estimate of drug-likeness (QED) is 0.647. The van der Waals surface area contributed by atoms with E-state index >= 15 is 0 Å². The molecule has 0 bridgehead atoms. The maximum absolute atomic E-state index is 7.44. The second kappa shape index (κ2) is 4.80. The summed E-state index contributed by atoms with van der Waals surface area (Å²) < 4.78 is 5.24. The van der Waals surface area contributed by atoms with E-state index in [0.29, 0.717) is 11.6 Å². The van der Waals surface area contributed by atoms with E-state index in [1.165, 1.54) is 11.1 Å². The number of benzene rings is 1. The zero-order valence-electron chi connectivity index (χ0n) is 11.1. The van der Waals surface area contributed by atoms with Gasteiger partial charge in [0.25, 0.3) is 0 Å². The molecule has 0 radical (unpaired) electrons. The molecule has 6 heteroatoms. The van der Waals surface area contributed by atoms with Crippen molar-refractivity contribution in [2.45, 2.75) is 13.1 Å². The predicted molar refractivity (Wildman–Crippen MR) is 75.9 cm³/mol. The second-order valence-electron chi connectivity index (χ2n) is 4.65. The lowest BCUT2D eigenvalue weighted by Gasteiger charge is -2.15. The number of nitrogens with zero attached hydrogens (tertiary/aromatic N) is 3. The molecule has 2 aromatic rings. The molecule has 3 rings (SSSR count). The number of rotatable bonds is 3. The first-order chi connectivity index (χ1) is 9.67. The summed E-state index contributed by atoms with van der Waals surface area (Å²) in [5, 5.41) is 7.44. The number of methoxy groups -OCH3 is 1. The summed E-state index contributed by atoms with van der Waals surface area (Å²) in [6, 6.07) is 7.68. The monoisotopic (exact) mass is 269 g/mol. The smallest absolute Gasteiger partial charge is 0.226 e. The number of ether oxygens (including phenoxy) is 1. The molecular formula is C14H15N5O. The van der Waals surface area contributed by atoms with E-state index in [4.69, 9.17) is 15.9 Å². The molecule has 1 aliphatic rings. The van der Waals surface area contributed by atoms with Crippen molar-refractivity contribution in [2.75, 3.05) is 12.0 Å². The van der Waals surface area contributed by atoms with Crippen LogP contribution >= 0.6 is 0 Å². The SMILES string of the molecule is COc1ccc2c(c1)CN(c1nccc(C(=N)N)n1)C2. The molecule has 20 heavy (non-hydrogen) atoms. The Kier molecular flexibility index (Phi) is 2.98. The first-order valence-corrected chi connectivity index (χ1v) is 6.25. The summed E-state index contributed by atoms with van der Waals surface area (Å²) in [6.45, 7) is 1.48. The minimum atomic E-state index is -0.0490. The van der Waals surface area contributed by atoms with Gasteiger partial charge in [-0.3, -0.25) is 5.41 Å². The fraction of sp³-hybridized carbons (Fsp3) is 0.214. The molecule has 0 amide bonds. The lowest BCUT2D eigenvalue weighted by molar-refractivity contribution is 0.414. The van der Waals surface area contributed by atoms with Crippen LogP contribution in [0.3, 0.4) is 0 Å². The minimum absolute atomic E-state index is 0.0490. The minimum Gasteiger partial charge on any atom is -0.497 e. The third-order valence-electron chi connectivity index (χ3n) is 3.34. The van der Waals surface area contributed by atoms with E-state index in [1.54, 1.807) is 19.4 Å². The fourth-order valence-electron chi connectivity index (χ4n) is 2.29. The van der Waals surface area contributed by atoms with Crippen LogP contribution in [0.25, 0.3) is 0 Å². The van der Waals surface area contributed by atoms with Gasteiger partial charge in [-0.15, -0.1) is 0 Å². The van der Waals surface area contributed by atoms with Gasteiger partial charge in [0, 0.05) is 19.3 Å². The van der Waals surface area contributed by atoms with Gasteiger partial charge in [0.05, 0.1) is 7.11 Å². The van der Waals surface area contributed by atoms with Crippen LogP contribution < -0.4 is 15.4 Å². The zero-order valence-corrected chi connectivity index (χ0v) is 11.1. The molecule has 6 nitrogen and oxygen atoms in total. The van der Waals surface area contributed by atoms with E-state index in [2.05, 4.69) is 20.9 Å². The van der Waals surface area contributed by atoms with E-state index in [0.717, 1.165) is 18.8 Å². The number of nitrogens with one attached hydrogen (secondary N) is 1. The van der Waals surface area contributed by atoms with Crippen molar-refractivity contribution in [3.8, 4) is 5.75 Å². The first kappa shape index (κ1) is 12.4. The van der Waals surface area contributed by atoms with Crippen molar-refractivity contribution >= 4 is 11.8 Å². The van der Waals surface area contributed by atoms with Gasteiger partial charge in [-0.25, -0.2) is 9.97 Å². The average molecular weight is 269 g/mol. The number of hydrogen-bond donors (Lipinski definition) is 2. The molecule has 0 atom stereocenters. The number of amidine groups is 1. The fourth-order valence-corrected chi connectivity index (χ4v) is 2.29. The molecule has 1 aromatic heterocycles. The van der Waals surface area contributed by atoms with Crippen LogP contribution in [0.2, 0.25) is 0 Å². The lowest BCUT2D eigenvalue weighted by atomic mass is 10.1. The van der Waals surface area contributed by atoms with Gasteiger partial charge in [0.2, 0.25) is 5.95 Å². The highest BCUT2D eigenvalue weighted by Gasteiger charge is 2.21. The summed E-state index contributed by atoms with van der Waals surface area (Å²) in [5.41, 5.74) is 8.36. The van der Waals surface area contributed by atoms with E-state index in [-0.39, 0.29) is 5.84 Å². The number of nitrogen functional groups attached to an aromatic ring is 1. The van der Waals surface area contributed by atoms with Crippen molar-refractivity contribution in [1.29, 1.82) is 5.41 Å². The maximum Gasteiger partial charge on any atom is 0.226 e. The lowest BCUT2D eigenvalue weighted by Crippen LogP contribution is -2.20. The molecule has 102 valence electrons. The molecule has 0 unspecified atom stereocenters. The van der Waals surface area contributed by atoms with Crippen LogP contribution in [0.4, 0.5) is 5.95 Å². The first-order valence-electron chi connectivity index (χ1n) is 6.25. The average Bonchev–Trinajstić information content (AvgIpc) is 2.90. The number of aromatic nitrogens is 2. The highest BCUT2D eigenvalue weighted by atomic mass is 16.5. The Morgan fingerprint density at radius 2 is 2.10 bits per heavy atom. The van der Waals surface area contributed by atoms with E-state index < -0.39 is 0 Å². The molecule has 0 aliphatic carbocycles. The van der Waals surface area contributed by atoms with Crippen molar-refractivity contribution in [3.05, 3.63) is 47.3 Å². The third-order valence-corrected chi connectivity index (χ3v) is 3.34. The second-order valence-corrected chi connectivity index (χ2v) is 4.65. The summed E-state index contributed by atoms with van der Waals surface area (Å²) in [4.78, 5) is 10.6. The molecule has 0 fully saturated rings.